The summed E-state index contributed by atoms with van der Waals surface area (Å²) in [6, 6.07) is 73.2. The molecule has 13 aromatic carbocycles. The minimum absolute atomic E-state index is 0. The van der Waals surface area contributed by atoms with Crippen molar-refractivity contribution in [2.45, 2.75) is 39.0 Å². The predicted molar refractivity (Wildman–Crippen MR) is 467 cm³/mol. The fourth-order valence-corrected chi connectivity index (χ4v) is 14.0. The number of fused-ring (bicyclic) bond motifs is 3. The molecule has 1 heterocycles. The maximum atomic E-state index is 13.1. The van der Waals surface area contributed by atoms with Gasteiger partial charge in [-0.15, -0.1) is 46.4 Å². The van der Waals surface area contributed by atoms with Crippen LogP contribution in [0.2, 0.25) is 0 Å². The van der Waals surface area contributed by atoms with Crippen molar-refractivity contribution < 1.29 is 162 Å². The number of carbonyl (C=O) groups excluding carboxylic acids is 10. The molecule has 0 fully saturated rings. The fourth-order valence-electron chi connectivity index (χ4n) is 14.0. The van der Waals surface area contributed by atoms with Gasteiger partial charge in [0.25, 0.3) is 18.1 Å². The van der Waals surface area contributed by atoms with E-state index in [1.54, 1.807) is 182 Å². The predicted octanol–water partition coefficient (Wildman–Crippen LogP) is 7.96. The van der Waals surface area contributed by atoms with Crippen LogP contribution in [-0.2, 0) is 40.7 Å². The number of nitrogens with zero attached hydrogens (tertiary/aromatic N) is 8. The number of nitrogens with two attached hydrogens (primary N) is 4. The number of alkyl halides is 4. The van der Waals surface area contributed by atoms with Crippen molar-refractivity contribution >= 4 is 176 Å². The maximum absolute atomic E-state index is 13.1. The summed E-state index contributed by atoms with van der Waals surface area (Å²) in [6.07, 6.45) is 0. The van der Waals surface area contributed by atoms with Gasteiger partial charge in [-0.3, -0.25) is 52.7 Å². The molecule has 1 amide bonds. The summed E-state index contributed by atoms with van der Waals surface area (Å²) in [5.41, 5.74) is 34.0. The van der Waals surface area contributed by atoms with Gasteiger partial charge >= 0.3 is 103 Å². The van der Waals surface area contributed by atoms with Crippen molar-refractivity contribution in [2.24, 2.45) is 27.9 Å². The molecule has 17 rings (SSSR count). The van der Waals surface area contributed by atoms with Crippen LogP contribution in [-0.4, -0.2) is 75.0 Å². The Morgan fingerprint density at radius 1 is 0.413 bits per heavy atom. The van der Waals surface area contributed by atoms with E-state index in [1.807, 2.05) is 72.8 Å². The van der Waals surface area contributed by atoms with Crippen LogP contribution in [0.25, 0.3) is 70.0 Å². The average Bonchev–Trinajstić information content (AvgIpc) is 1.56. The molecule has 0 spiro atoms. The molecular formula is C95H62Cl4K2N12O13. The van der Waals surface area contributed by atoms with Crippen LogP contribution in [0.5, 0.6) is 0 Å². The van der Waals surface area contributed by atoms with Crippen LogP contribution in [0.15, 0.2) is 234 Å². The smallest absolute Gasteiger partial charge is 1.00 e. The Morgan fingerprint density at radius 3 is 0.992 bits per heavy atom. The molecule has 610 valence electrons. The summed E-state index contributed by atoms with van der Waals surface area (Å²) in [5.74, 6) is -3.07. The van der Waals surface area contributed by atoms with Gasteiger partial charge in [-0.05, 0) is 96.5 Å². The molecule has 3 aliphatic carbocycles. The number of halogens is 4. The molecule has 0 unspecified atom stereocenters. The molecule has 0 saturated carbocycles. The largest absolute Gasteiger partial charge is 1.00 e. The number of benzene rings is 12. The molecule has 8 N–H and O–H groups in total. The fraction of sp³-hybridized carbons (Fsp3) is 0.0842. The first kappa shape index (κ1) is 101. The first-order valence-electron chi connectivity index (χ1n) is 36.6. The number of rotatable bonds is 13. The van der Waals surface area contributed by atoms with Crippen molar-refractivity contribution in [1.29, 1.82) is 31.6 Å². The molecule has 13 aromatic rings. The summed E-state index contributed by atoms with van der Waals surface area (Å²) in [5, 5.41) is 64.2. The first-order valence-corrected chi connectivity index (χ1v) is 38.7. The van der Waals surface area contributed by atoms with E-state index in [4.69, 9.17) is 107 Å². The Hall–Kier alpha value is -12.3. The third-order valence-electron chi connectivity index (χ3n) is 19.4. The van der Waals surface area contributed by atoms with E-state index in [2.05, 4.69) is 14.7 Å². The molecule has 0 atom stereocenters. The normalized spacial score (nSPS) is 11.5. The molecule has 126 heavy (non-hydrogen) atoms. The van der Waals surface area contributed by atoms with Crippen molar-refractivity contribution in [3.8, 4) is 36.4 Å². The molecule has 1 aliphatic heterocycles. The summed E-state index contributed by atoms with van der Waals surface area (Å²) in [6.45, 7) is 8.67. The van der Waals surface area contributed by atoms with E-state index in [1.165, 1.54) is 0 Å². The third kappa shape index (κ3) is 21.8. The van der Waals surface area contributed by atoms with Gasteiger partial charge in [-0.2, -0.15) is 26.3 Å². The van der Waals surface area contributed by atoms with Crippen molar-refractivity contribution in [3.05, 3.63) is 351 Å². The van der Waals surface area contributed by atoms with Gasteiger partial charge in [0, 0.05) is 131 Å². The first-order chi connectivity index (χ1) is 60.0. The zero-order valence-electron chi connectivity index (χ0n) is 67.7. The number of nitriles is 6. The molecule has 4 aliphatic rings. The van der Waals surface area contributed by atoms with Gasteiger partial charge in [0.15, 0.2) is 28.6 Å². The molecular weight excluding hydrogens is 1740 g/mol. The Kier molecular flexibility index (Phi) is 38.6. The van der Waals surface area contributed by atoms with Gasteiger partial charge < -0.3 is 34.5 Å². The Balaban J connectivity index is 0.000000242. The minimum atomic E-state index is -0.507. The Morgan fingerprint density at radius 2 is 0.698 bits per heavy atom. The Bertz CT molecular complexity index is 6770. The van der Waals surface area contributed by atoms with E-state index in [0.29, 0.717) is 147 Å². The zero-order chi connectivity index (χ0) is 90.0. The number of hydrogen-bond acceptors (Lipinski definition) is 23. The summed E-state index contributed by atoms with van der Waals surface area (Å²) in [7, 11) is 0. The number of Topliss-reactive ketones (excluding diaryl/α,β-unsaturated/α-hetero) is 4. The van der Waals surface area contributed by atoms with Crippen molar-refractivity contribution in [1.82, 2.24) is 0 Å². The topological polar surface area (TPSA) is 484 Å². The number of aliphatic imine (C=N–C) groups is 1. The van der Waals surface area contributed by atoms with Gasteiger partial charge in [0.05, 0.1) is 53.3 Å². The van der Waals surface area contributed by atoms with Gasteiger partial charge in [0.2, 0.25) is 23.1 Å². The number of hydrogen-bond donors (Lipinski definition) is 4. The third-order valence-corrected chi connectivity index (χ3v) is 19.4. The molecule has 0 saturated heterocycles. The van der Waals surface area contributed by atoms with Gasteiger partial charge in [-0.1, -0.05) is 182 Å². The average molecular weight is 1800 g/mol. The second-order valence-corrected chi connectivity index (χ2v) is 27.7. The monoisotopic (exact) mass is 1800 g/mol. The number of amides is 1. The summed E-state index contributed by atoms with van der Waals surface area (Å²) in [4.78, 5) is 144. The number of allylic oxidation sites excluding steroid dienone is 1. The quantitative estimate of drug-likeness (QED) is 0.0124. The molecule has 0 radical (unpaired) electrons. The second-order valence-electron chi connectivity index (χ2n) is 26.1. The minimum Gasteiger partial charge on any atom is -1.00 e. The molecule has 0 bridgehead atoms. The standard InChI is InChI=1S/2C23H13N3O2.2C20H13NO3.2C3H2N2.2CH2Cl2.CH2O3.2K.H/c24-10-12-4-6-13(7-5-12)22(27)15-8-9-16-19-14(15)2-1-3-17(19)21-20(16)18(11-25)23(28)26-21;1-26-19(12-25)21-17-10-9-16(15-3-2-4-18(20(15)17)23(21)28)22(27)14-7-5-13(11-24)6-8-14;2*21-10-11-4-6-12(7-5-11)18(22)14-8-9-16-17-13(14)2-1-3-15(17)19(23)20(16)24;2*4-2-1-3-5;2*2-1-3;2-1-4-3;;;/h1-9H,10,24H2;2-10H,11,24H2;2*1-9H,10,21H2;2*1H2;2*1H2;1,3H;;;/q;;;;;;;;;2*+1;-1/p-1/b;21-19-;;;;;;;;;;. The van der Waals surface area contributed by atoms with Crippen LogP contribution in [0, 0.1) is 74.6 Å². The van der Waals surface area contributed by atoms with Crippen molar-refractivity contribution in [3.63, 3.8) is 0 Å². The second kappa shape index (κ2) is 48.2. The van der Waals surface area contributed by atoms with E-state index in [-0.39, 0.29) is 179 Å². The summed E-state index contributed by atoms with van der Waals surface area (Å²) >= 11 is 19.1. The van der Waals surface area contributed by atoms with Gasteiger partial charge in [0.1, 0.15) is 24.5 Å². The molecule has 31 heteroatoms. The van der Waals surface area contributed by atoms with E-state index in [9.17, 15) is 58.5 Å². The van der Waals surface area contributed by atoms with Crippen LogP contribution >= 0.6 is 46.4 Å². The SMILES string of the molecule is ClCCl.ClCCl.N#CC1=C2C(=NC1=O)c1cccc3c(C(=O)c4ccc(CN)cc4)ccc2c13.N#CCC#N.N#CCC#N.NCc1ccc(C(=O)c2ccc3c4c(cccc24)C(=O)C3=O)cc1.NCc1ccc(C(=O)c2ccc3c4c(cccc24)C(=O)C3=O)cc1.O=CO[O-].[C-]#[N+]/C(C#N)=c1\c(=O)c2cccc3c(C(=O)c4ccc(CN)cc4)ccc1c32.[H-].[K+].[K+]. The number of carbonyl (C=O) groups is 10. The zero-order valence-corrected chi connectivity index (χ0v) is 76.0. The number of ketones is 8. The van der Waals surface area contributed by atoms with Crippen LogP contribution in [0.1, 0.15) is 153 Å². The Labute approximate surface area is 825 Å². The van der Waals surface area contributed by atoms with Crippen molar-refractivity contribution in [2.75, 3.05) is 10.7 Å². The van der Waals surface area contributed by atoms with E-state index < -0.39 is 29.0 Å². The van der Waals surface area contributed by atoms with E-state index in [0.717, 1.165) is 44.2 Å². The van der Waals surface area contributed by atoms with E-state index >= 15 is 0 Å². The summed E-state index contributed by atoms with van der Waals surface area (Å²) < 4.78 is 0. The van der Waals surface area contributed by atoms with Crippen LogP contribution in [0.3, 0.4) is 0 Å². The van der Waals surface area contributed by atoms with Crippen LogP contribution < -0.4 is 142 Å². The van der Waals surface area contributed by atoms with Crippen LogP contribution in [0.4, 0.5) is 0 Å². The maximum Gasteiger partial charge on any atom is 1.00 e. The van der Waals surface area contributed by atoms with Gasteiger partial charge in [-0.25, -0.2) is 15.1 Å². The molecule has 25 nitrogen and oxygen atoms in total. The molecule has 0 aromatic heterocycles.